The van der Waals surface area contributed by atoms with E-state index in [4.69, 9.17) is 28.2 Å². The van der Waals surface area contributed by atoms with E-state index in [2.05, 4.69) is 0 Å². The molecule has 0 saturated carbocycles. The summed E-state index contributed by atoms with van der Waals surface area (Å²) in [6.07, 6.45) is 0. The quantitative estimate of drug-likeness (QED) is 0.577. The van der Waals surface area contributed by atoms with Crippen LogP contribution in [0.3, 0.4) is 0 Å². The third-order valence-electron chi connectivity index (χ3n) is 3.01. The Hall–Kier alpha value is -2.65. The standard InChI is InChI=1S/C12H12N2.C6H5ClO/c13-11-5-1-9(2-6-11)10-3-7-12(14)8-4-10;7-5-3-1-2-4-6(5)8/h1-8H,13-14H2;1-4,8H. The van der Waals surface area contributed by atoms with E-state index >= 15 is 0 Å². The predicted molar refractivity (Wildman–Crippen MR) is 93.8 cm³/mol. The zero-order chi connectivity index (χ0) is 15.9. The second-order valence-corrected chi connectivity index (χ2v) is 5.10. The van der Waals surface area contributed by atoms with Gasteiger partial charge < -0.3 is 16.6 Å². The molecule has 0 spiro atoms. The second kappa shape index (κ2) is 7.38. The van der Waals surface area contributed by atoms with Crippen LogP contribution in [0.15, 0.2) is 72.8 Å². The highest BCUT2D eigenvalue weighted by atomic mass is 35.5. The van der Waals surface area contributed by atoms with Crippen molar-refractivity contribution in [1.82, 2.24) is 0 Å². The molecule has 112 valence electrons. The summed E-state index contributed by atoms with van der Waals surface area (Å²) in [6, 6.07) is 22.3. The molecule has 5 N–H and O–H groups in total. The number of benzene rings is 3. The molecular weight excluding hydrogens is 296 g/mol. The maximum atomic E-state index is 8.79. The molecule has 22 heavy (non-hydrogen) atoms. The van der Waals surface area contributed by atoms with Crippen molar-refractivity contribution in [2.45, 2.75) is 0 Å². The number of hydrogen-bond acceptors (Lipinski definition) is 3. The summed E-state index contributed by atoms with van der Waals surface area (Å²) in [5.41, 5.74) is 15.1. The van der Waals surface area contributed by atoms with E-state index in [1.54, 1.807) is 24.3 Å². The van der Waals surface area contributed by atoms with Gasteiger partial charge in [-0.1, -0.05) is 48.0 Å². The van der Waals surface area contributed by atoms with Crippen molar-refractivity contribution in [2.75, 3.05) is 11.5 Å². The third-order valence-corrected chi connectivity index (χ3v) is 3.33. The van der Waals surface area contributed by atoms with E-state index in [0.717, 1.165) is 22.5 Å². The lowest BCUT2D eigenvalue weighted by atomic mass is 10.1. The number of rotatable bonds is 1. The van der Waals surface area contributed by atoms with Gasteiger partial charge in [0.05, 0.1) is 5.02 Å². The van der Waals surface area contributed by atoms with Crippen LogP contribution in [0.2, 0.25) is 5.02 Å². The van der Waals surface area contributed by atoms with Crippen molar-refractivity contribution in [1.29, 1.82) is 0 Å². The molecule has 4 heteroatoms. The Bertz CT molecular complexity index is 660. The monoisotopic (exact) mass is 312 g/mol. The summed E-state index contributed by atoms with van der Waals surface area (Å²) in [5.74, 6) is 0.133. The lowest BCUT2D eigenvalue weighted by molar-refractivity contribution is 0.475. The summed E-state index contributed by atoms with van der Waals surface area (Å²) in [5, 5.41) is 9.18. The van der Waals surface area contributed by atoms with Crippen LogP contribution >= 0.6 is 11.6 Å². The average Bonchev–Trinajstić information content (AvgIpc) is 2.53. The summed E-state index contributed by atoms with van der Waals surface area (Å²) in [4.78, 5) is 0. The first-order valence-corrected chi connectivity index (χ1v) is 7.09. The molecule has 0 amide bonds. The zero-order valence-electron chi connectivity index (χ0n) is 11.9. The minimum absolute atomic E-state index is 0.133. The Morgan fingerprint density at radius 1 is 0.636 bits per heavy atom. The van der Waals surface area contributed by atoms with E-state index in [1.165, 1.54) is 0 Å². The Balaban J connectivity index is 0.000000188. The molecule has 3 nitrogen and oxygen atoms in total. The number of phenolic OH excluding ortho intramolecular Hbond substituents is 1. The Morgan fingerprint density at radius 3 is 1.36 bits per heavy atom. The number of nitrogens with two attached hydrogens (primary N) is 2. The van der Waals surface area contributed by atoms with E-state index in [9.17, 15) is 0 Å². The van der Waals surface area contributed by atoms with Gasteiger partial charge in [-0.2, -0.15) is 0 Å². The Labute approximate surface area is 134 Å². The van der Waals surface area contributed by atoms with Crippen LogP contribution in [0.1, 0.15) is 0 Å². The molecule has 0 radical (unpaired) electrons. The average molecular weight is 313 g/mol. The molecule has 3 rings (SSSR count). The van der Waals surface area contributed by atoms with Crippen molar-refractivity contribution in [3.63, 3.8) is 0 Å². The number of phenols is 1. The van der Waals surface area contributed by atoms with Gasteiger partial charge in [-0.05, 0) is 47.5 Å². The molecule has 0 heterocycles. The minimum atomic E-state index is 0.133. The summed E-state index contributed by atoms with van der Waals surface area (Å²) in [7, 11) is 0. The van der Waals surface area contributed by atoms with E-state index < -0.39 is 0 Å². The smallest absolute Gasteiger partial charge is 0.134 e. The molecule has 3 aromatic rings. The van der Waals surface area contributed by atoms with Crippen LogP contribution in [-0.2, 0) is 0 Å². The number of nitrogen functional groups attached to an aromatic ring is 2. The van der Waals surface area contributed by atoms with Gasteiger partial charge in [-0.15, -0.1) is 0 Å². The molecule has 0 aliphatic rings. The van der Waals surface area contributed by atoms with Gasteiger partial charge in [0, 0.05) is 11.4 Å². The van der Waals surface area contributed by atoms with Crippen molar-refractivity contribution in [3.8, 4) is 16.9 Å². The van der Waals surface area contributed by atoms with Crippen molar-refractivity contribution < 1.29 is 5.11 Å². The lowest BCUT2D eigenvalue weighted by Gasteiger charge is -2.02. The second-order valence-electron chi connectivity index (χ2n) is 4.70. The molecule has 0 aromatic heterocycles. The highest BCUT2D eigenvalue weighted by Crippen LogP contribution is 2.21. The molecule has 0 fully saturated rings. The predicted octanol–water partition coefficient (Wildman–Crippen LogP) is 4.56. The summed E-state index contributed by atoms with van der Waals surface area (Å²) < 4.78 is 0. The van der Waals surface area contributed by atoms with Gasteiger partial charge in [0.25, 0.3) is 0 Å². The van der Waals surface area contributed by atoms with Gasteiger partial charge in [-0.3, -0.25) is 0 Å². The number of hydrogen-bond donors (Lipinski definition) is 3. The lowest BCUT2D eigenvalue weighted by Crippen LogP contribution is -1.85. The summed E-state index contributed by atoms with van der Waals surface area (Å²) >= 11 is 5.46. The molecule has 3 aromatic carbocycles. The van der Waals surface area contributed by atoms with E-state index in [-0.39, 0.29) is 5.75 Å². The van der Waals surface area contributed by atoms with Crippen LogP contribution < -0.4 is 11.5 Å². The van der Waals surface area contributed by atoms with E-state index in [1.807, 2.05) is 48.5 Å². The highest BCUT2D eigenvalue weighted by molar-refractivity contribution is 6.31. The van der Waals surface area contributed by atoms with Crippen LogP contribution in [0.5, 0.6) is 5.75 Å². The van der Waals surface area contributed by atoms with Crippen LogP contribution in [0.4, 0.5) is 11.4 Å². The fourth-order valence-corrected chi connectivity index (χ4v) is 1.94. The maximum absolute atomic E-state index is 8.79. The Morgan fingerprint density at radius 2 is 1.05 bits per heavy atom. The molecular formula is C18H17ClN2O. The normalized spacial score (nSPS) is 9.68. The SMILES string of the molecule is Nc1ccc(-c2ccc(N)cc2)cc1.Oc1ccccc1Cl. The first-order chi connectivity index (χ1) is 10.6. The van der Waals surface area contributed by atoms with Gasteiger partial charge in [0.1, 0.15) is 5.75 Å². The topological polar surface area (TPSA) is 72.3 Å². The van der Waals surface area contributed by atoms with Crippen LogP contribution in [0, 0.1) is 0 Å². The molecule has 0 saturated heterocycles. The van der Waals surface area contributed by atoms with Crippen LogP contribution in [-0.4, -0.2) is 5.11 Å². The number of halogens is 1. The highest BCUT2D eigenvalue weighted by Gasteiger charge is 1.96. The fraction of sp³-hybridized carbons (Fsp3) is 0. The summed E-state index contributed by atoms with van der Waals surface area (Å²) in [6.45, 7) is 0. The number of aromatic hydroxyl groups is 1. The first-order valence-electron chi connectivity index (χ1n) is 6.71. The van der Waals surface area contributed by atoms with E-state index in [0.29, 0.717) is 5.02 Å². The minimum Gasteiger partial charge on any atom is -0.506 e. The number of anilines is 2. The molecule has 0 atom stereocenters. The van der Waals surface area contributed by atoms with Crippen molar-refractivity contribution >= 4 is 23.0 Å². The zero-order valence-corrected chi connectivity index (χ0v) is 12.7. The van der Waals surface area contributed by atoms with Gasteiger partial charge in [-0.25, -0.2) is 0 Å². The van der Waals surface area contributed by atoms with Gasteiger partial charge in [0.2, 0.25) is 0 Å². The third kappa shape index (κ3) is 4.43. The molecule has 0 unspecified atom stereocenters. The van der Waals surface area contributed by atoms with Crippen molar-refractivity contribution in [3.05, 3.63) is 77.8 Å². The Kier molecular flexibility index (Phi) is 5.28. The molecule has 0 aliphatic carbocycles. The largest absolute Gasteiger partial charge is 0.506 e. The molecule has 0 aliphatic heterocycles. The fourth-order valence-electron chi connectivity index (χ4n) is 1.80. The van der Waals surface area contributed by atoms with Gasteiger partial charge in [0.15, 0.2) is 0 Å². The van der Waals surface area contributed by atoms with Crippen LogP contribution in [0.25, 0.3) is 11.1 Å². The first kappa shape index (κ1) is 15.7. The van der Waals surface area contributed by atoms with Gasteiger partial charge >= 0.3 is 0 Å². The maximum Gasteiger partial charge on any atom is 0.134 e. The van der Waals surface area contributed by atoms with Crippen molar-refractivity contribution in [2.24, 2.45) is 0 Å². The molecule has 0 bridgehead atoms. The number of para-hydroxylation sites is 1.